The minimum atomic E-state index is -0.277. The van der Waals surface area contributed by atoms with Crippen molar-refractivity contribution < 1.29 is 0 Å². The van der Waals surface area contributed by atoms with Crippen LogP contribution in [0.25, 0.3) is 33.1 Å². The first-order chi connectivity index (χ1) is 12.3. The van der Waals surface area contributed by atoms with E-state index in [1.165, 1.54) is 0 Å². The first-order valence-corrected chi connectivity index (χ1v) is 8.23. The molecule has 7 heteroatoms. The van der Waals surface area contributed by atoms with Crippen LogP contribution < -0.4 is 0 Å². The molecule has 122 valence electrons. The Kier molecular flexibility index (Phi) is 3.86. The fourth-order valence-electron chi connectivity index (χ4n) is 2.97. The summed E-state index contributed by atoms with van der Waals surface area (Å²) in [5.74, 6) is -0.277. The van der Waals surface area contributed by atoms with Gasteiger partial charge in [0.2, 0.25) is 0 Å². The second-order valence-corrected chi connectivity index (χ2v) is 5.82. The van der Waals surface area contributed by atoms with Gasteiger partial charge in [-0.3, -0.25) is 24.9 Å². The Balaban J connectivity index is 2.03. The number of unbranched alkanes of at least 4 members (excludes halogenated alkanes) is 1. The molecule has 0 saturated heterocycles. The summed E-state index contributed by atoms with van der Waals surface area (Å²) < 4.78 is 0. The highest BCUT2D eigenvalue weighted by atomic mass is 14.9. The Morgan fingerprint density at radius 2 is 1.36 bits per heavy atom. The molecule has 0 aliphatic rings. The Bertz CT molecular complexity index is 1080. The SMILES string of the molecule is CCCCC(C#N)c1cnc2c3nccnc3c3nccnc3c2n1. The molecule has 7 nitrogen and oxygen atoms in total. The molecule has 25 heavy (non-hydrogen) atoms. The van der Waals surface area contributed by atoms with Crippen molar-refractivity contribution in [2.75, 3.05) is 0 Å². The predicted molar refractivity (Wildman–Crippen MR) is 93.6 cm³/mol. The molecule has 0 saturated carbocycles. The van der Waals surface area contributed by atoms with Gasteiger partial charge in [0, 0.05) is 24.8 Å². The van der Waals surface area contributed by atoms with Gasteiger partial charge in [0.05, 0.1) is 23.9 Å². The van der Waals surface area contributed by atoms with Gasteiger partial charge in [0.1, 0.15) is 33.1 Å². The second kappa shape index (κ2) is 6.32. The van der Waals surface area contributed by atoms with Gasteiger partial charge >= 0.3 is 0 Å². The number of hydrogen-bond acceptors (Lipinski definition) is 7. The van der Waals surface area contributed by atoms with Crippen LogP contribution in [0.3, 0.4) is 0 Å². The largest absolute Gasteiger partial charge is 0.251 e. The molecule has 0 aliphatic heterocycles. The highest BCUT2D eigenvalue weighted by molar-refractivity contribution is 6.17. The number of nitrogens with zero attached hydrogens (tertiary/aromatic N) is 7. The summed E-state index contributed by atoms with van der Waals surface area (Å²) >= 11 is 0. The summed E-state index contributed by atoms with van der Waals surface area (Å²) in [6.45, 7) is 2.11. The standard InChI is InChI=1S/C18H15N7/c1-2-3-4-11(9-19)12-10-24-17-15-13(20-5-6-22-15)14-16(18(17)25-12)23-8-7-21-14/h5-8,10-11H,2-4H2,1H3. The summed E-state index contributed by atoms with van der Waals surface area (Å²) in [7, 11) is 0. The van der Waals surface area contributed by atoms with Gasteiger partial charge in [0.25, 0.3) is 0 Å². The van der Waals surface area contributed by atoms with E-state index in [-0.39, 0.29) is 5.92 Å². The molecule has 1 atom stereocenters. The van der Waals surface area contributed by atoms with E-state index in [0.717, 1.165) is 19.3 Å². The van der Waals surface area contributed by atoms with Crippen molar-refractivity contribution >= 4 is 33.1 Å². The molecule has 3 aromatic heterocycles. The molecule has 0 spiro atoms. The van der Waals surface area contributed by atoms with E-state index in [4.69, 9.17) is 4.98 Å². The van der Waals surface area contributed by atoms with Crippen molar-refractivity contribution in [1.82, 2.24) is 29.9 Å². The Morgan fingerprint density at radius 1 is 0.840 bits per heavy atom. The summed E-state index contributed by atoms with van der Waals surface area (Å²) in [6.07, 6.45) is 10.9. The fraction of sp³-hybridized carbons (Fsp3) is 0.278. The van der Waals surface area contributed by atoms with Crippen LogP contribution in [0.5, 0.6) is 0 Å². The van der Waals surface area contributed by atoms with Crippen molar-refractivity contribution in [3.05, 3.63) is 36.7 Å². The Hall–Kier alpha value is -3.27. The van der Waals surface area contributed by atoms with Crippen LogP contribution in [0.2, 0.25) is 0 Å². The molecule has 1 aromatic carbocycles. The van der Waals surface area contributed by atoms with Gasteiger partial charge in [-0.1, -0.05) is 19.8 Å². The average molecular weight is 329 g/mol. The topological polar surface area (TPSA) is 101 Å². The van der Waals surface area contributed by atoms with Gasteiger partial charge in [-0.05, 0) is 6.42 Å². The number of rotatable bonds is 4. The third-order valence-corrected chi connectivity index (χ3v) is 4.22. The average Bonchev–Trinajstić information content (AvgIpc) is 2.69. The molecule has 0 amide bonds. The van der Waals surface area contributed by atoms with Gasteiger partial charge in [-0.15, -0.1) is 0 Å². The van der Waals surface area contributed by atoms with Crippen LogP contribution in [-0.4, -0.2) is 29.9 Å². The minimum Gasteiger partial charge on any atom is -0.251 e. The lowest BCUT2D eigenvalue weighted by Gasteiger charge is -2.10. The number of hydrogen-bond donors (Lipinski definition) is 0. The van der Waals surface area contributed by atoms with Crippen LogP contribution in [0.1, 0.15) is 37.8 Å². The molecule has 0 N–H and O–H groups in total. The number of nitriles is 1. The molecular weight excluding hydrogens is 314 g/mol. The van der Waals surface area contributed by atoms with Gasteiger partial charge in [-0.2, -0.15) is 5.26 Å². The van der Waals surface area contributed by atoms with Crippen molar-refractivity contribution in [3.8, 4) is 6.07 Å². The molecule has 3 heterocycles. The van der Waals surface area contributed by atoms with Gasteiger partial charge in [0.15, 0.2) is 0 Å². The summed E-state index contributed by atoms with van der Waals surface area (Å²) in [5, 5.41) is 9.50. The molecule has 4 aromatic rings. The van der Waals surface area contributed by atoms with Crippen molar-refractivity contribution in [2.24, 2.45) is 0 Å². The monoisotopic (exact) mass is 329 g/mol. The quantitative estimate of drug-likeness (QED) is 0.529. The maximum atomic E-state index is 9.50. The summed E-state index contributed by atoms with van der Waals surface area (Å²) in [6, 6.07) is 2.34. The van der Waals surface area contributed by atoms with Crippen molar-refractivity contribution in [2.45, 2.75) is 32.1 Å². The van der Waals surface area contributed by atoms with Gasteiger partial charge in [-0.25, -0.2) is 4.98 Å². The number of benzene rings is 1. The zero-order chi connectivity index (χ0) is 17.2. The van der Waals surface area contributed by atoms with E-state index in [9.17, 15) is 5.26 Å². The Labute approximate surface area is 143 Å². The highest BCUT2D eigenvalue weighted by Gasteiger charge is 2.18. The summed E-state index contributed by atoms with van der Waals surface area (Å²) in [4.78, 5) is 26.9. The maximum Gasteiger partial charge on any atom is 0.119 e. The lowest BCUT2D eigenvalue weighted by atomic mass is 10.0. The third kappa shape index (κ3) is 2.52. The van der Waals surface area contributed by atoms with E-state index >= 15 is 0 Å². The minimum absolute atomic E-state index is 0.277. The van der Waals surface area contributed by atoms with E-state index in [0.29, 0.717) is 38.8 Å². The lowest BCUT2D eigenvalue weighted by Crippen LogP contribution is -2.03. The van der Waals surface area contributed by atoms with Gasteiger partial charge < -0.3 is 0 Å². The van der Waals surface area contributed by atoms with Crippen LogP contribution >= 0.6 is 0 Å². The normalized spacial score (nSPS) is 12.5. The first kappa shape index (κ1) is 15.3. The molecule has 0 bridgehead atoms. The van der Waals surface area contributed by atoms with Crippen LogP contribution in [0.15, 0.2) is 31.0 Å². The van der Waals surface area contributed by atoms with Crippen molar-refractivity contribution in [3.63, 3.8) is 0 Å². The zero-order valence-electron chi connectivity index (χ0n) is 13.7. The maximum absolute atomic E-state index is 9.50. The van der Waals surface area contributed by atoms with Crippen molar-refractivity contribution in [1.29, 1.82) is 5.26 Å². The Morgan fingerprint density at radius 3 is 1.88 bits per heavy atom. The van der Waals surface area contributed by atoms with Crippen LogP contribution in [0, 0.1) is 11.3 Å². The van der Waals surface area contributed by atoms with E-state index < -0.39 is 0 Å². The lowest BCUT2D eigenvalue weighted by molar-refractivity contribution is 0.659. The van der Waals surface area contributed by atoms with Crippen LogP contribution in [0.4, 0.5) is 0 Å². The summed E-state index contributed by atoms with van der Waals surface area (Å²) in [5.41, 5.74) is 4.49. The molecule has 0 fully saturated rings. The molecule has 1 unspecified atom stereocenters. The molecule has 4 rings (SSSR count). The number of fused-ring (bicyclic) bond motifs is 6. The third-order valence-electron chi connectivity index (χ3n) is 4.22. The first-order valence-electron chi connectivity index (χ1n) is 8.23. The van der Waals surface area contributed by atoms with E-state index in [2.05, 4.69) is 37.9 Å². The number of aromatic nitrogens is 6. The smallest absolute Gasteiger partial charge is 0.119 e. The molecular formula is C18H15N7. The highest BCUT2D eigenvalue weighted by Crippen LogP contribution is 2.29. The predicted octanol–water partition coefficient (Wildman–Crippen LogP) is 3.31. The van der Waals surface area contributed by atoms with Crippen LogP contribution in [-0.2, 0) is 0 Å². The second-order valence-electron chi connectivity index (χ2n) is 5.82. The van der Waals surface area contributed by atoms with E-state index in [1.54, 1.807) is 31.0 Å². The fourth-order valence-corrected chi connectivity index (χ4v) is 2.97. The molecule has 0 radical (unpaired) electrons. The zero-order valence-corrected chi connectivity index (χ0v) is 13.7. The van der Waals surface area contributed by atoms with E-state index in [1.807, 2.05) is 0 Å². The molecule has 0 aliphatic carbocycles.